The second-order valence-corrected chi connectivity index (χ2v) is 4.08. The smallest absolute Gasteiger partial charge is 0.158 e. The highest BCUT2D eigenvalue weighted by molar-refractivity contribution is 4.74. The highest BCUT2D eigenvalue weighted by Gasteiger charge is 2.23. The van der Waals surface area contributed by atoms with Gasteiger partial charge in [-0.3, -0.25) is 4.90 Å². The predicted octanol–water partition coefficient (Wildman–Crippen LogP) is 0.469. The first-order valence-corrected chi connectivity index (χ1v) is 6.47. The molecule has 1 rings (SSSR count). The van der Waals surface area contributed by atoms with E-state index in [0.717, 1.165) is 26.1 Å². The van der Waals surface area contributed by atoms with Crippen molar-refractivity contribution in [3.05, 3.63) is 0 Å². The first-order chi connectivity index (χ1) is 8.31. The van der Waals surface area contributed by atoms with Crippen LogP contribution in [0.1, 0.15) is 20.3 Å². The minimum atomic E-state index is -0.132. The van der Waals surface area contributed by atoms with Gasteiger partial charge in [-0.1, -0.05) is 0 Å². The zero-order valence-corrected chi connectivity index (χ0v) is 10.9. The van der Waals surface area contributed by atoms with Crippen molar-refractivity contribution < 1.29 is 19.3 Å². The fourth-order valence-corrected chi connectivity index (χ4v) is 2.01. The van der Waals surface area contributed by atoms with Crippen LogP contribution in [0.4, 0.5) is 0 Å². The van der Waals surface area contributed by atoms with Crippen LogP contribution in [0.25, 0.3) is 0 Å². The molecule has 1 saturated heterocycles. The van der Waals surface area contributed by atoms with E-state index in [1.807, 2.05) is 13.8 Å². The van der Waals surface area contributed by atoms with E-state index in [2.05, 4.69) is 4.90 Å². The highest BCUT2D eigenvalue weighted by Crippen LogP contribution is 2.10. The molecule has 0 radical (unpaired) electrons. The summed E-state index contributed by atoms with van der Waals surface area (Å²) in [6.07, 6.45) is 0.699. The van der Waals surface area contributed by atoms with Crippen LogP contribution >= 0.6 is 0 Å². The van der Waals surface area contributed by atoms with Crippen LogP contribution in [0.2, 0.25) is 0 Å². The second kappa shape index (κ2) is 8.83. The van der Waals surface area contributed by atoms with Gasteiger partial charge in [0.25, 0.3) is 0 Å². The van der Waals surface area contributed by atoms with E-state index in [-0.39, 0.29) is 18.9 Å². The molecule has 1 atom stereocenters. The number of hydrogen-bond acceptors (Lipinski definition) is 5. The summed E-state index contributed by atoms with van der Waals surface area (Å²) in [6, 6.07) is 0.118. The number of ether oxygens (including phenoxy) is 3. The van der Waals surface area contributed by atoms with Gasteiger partial charge in [0.2, 0.25) is 0 Å². The van der Waals surface area contributed by atoms with Crippen molar-refractivity contribution in [2.24, 2.45) is 0 Å². The number of morpholine rings is 1. The molecule has 1 unspecified atom stereocenters. The topological polar surface area (TPSA) is 51.2 Å². The third-order valence-corrected chi connectivity index (χ3v) is 2.92. The lowest BCUT2D eigenvalue weighted by atomic mass is 10.2. The Kier molecular flexibility index (Phi) is 7.72. The van der Waals surface area contributed by atoms with Crippen LogP contribution in [0.3, 0.4) is 0 Å². The molecule has 102 valence electrons. The maximum Gasteiger partial charge on any atom is 0.158 e. The second-order valence-electron chi connectivity index (χ2n) is 4.08. The van der Waals surface area contributed by atoms with Gasteiger partial charge in [-0.15, -0.1) is 0 Å². The van der Waals surface area contributed by atoms with E-state index in [1.54, 1.807) is 0 Å². The van der Waals surface area contributed by atoms with Gasteiger partial charge < -0.3 is 19.3 Å². The Hall–Kier alpha value is -0.200. The first kappa shape index (κ1) is 14.9. The Bertz CT molecular complexity index is 185. The van der Waals surface area contributed by atoms with Crippen molar-refractivity contribution in [2.45, 2.75) is 32.6 Å². The van der Waals surface area contributed by atoms with Gasteiger partial charge >= 0.3 is 0 Å². The summed E-state index contributed by atoms with van der Waals surface area (Å²) < 4.78 is 16.3. The molecule has 0 saturated carbocycles. The largest absolute Gasteiger partial charge is 0.395 e. The number of hydrogen-bond donors (Lipinski definition) is 1. The fourth-order valence-electron chi connectivity index (χ4n) is 2.01. The molecule has 0 bridgehead atoms. The van der Waals surface area contributed by atoms with Crippen LogP contribution in [0, 0.1) is 0 Å². The molecule has 1 fully saturated rings. The maximum absolute atomic E-state index is 9.25. The molecular formula is C12H25NO4. The monoisotopic (exact) mass is 247 g/mol. The van der Waals surface area contributed by atoms with Crippen molar-refractivity contribution in [2.75, 3.05) is 46.1 Å². The molecular weight excluding hydrogens is 222 g/mol. The molecule has 1 N–H and O–H groups in total. The van der Waals surface area contributed by atoms with E-state index in [0.29, 0.717) is 19.8 Å². The van der Waals surface area contributed by atoms with E-state index in [1.165, 1.54) is 0 Å². The van der Waals surface area contributed by atoms with Crippen molar-refractivity contribution in [3.8, 4) is 0 Å². The van der Waals surface area contributed by atoms with Crippen molar-refractivity contribution in [1.29, 1.82) is 0 Å². The average molecular weight is 247 g/mol. The fraction of sp³-hybridized carbons (Fsp3) is 1.00. The van der Waals surface area contributed by atoms with E-state index in [9.17, 15) is 5.11 Å². The Labute approximate surface area is 104 Å². The van der Waals surface area contributed by atoms with Crippen molar-refractivity contribution in [1.82, 2.24) is 4.90 Å². The molecule has 5 heteroatoms. The maximum atomic E-state index is 9.25. The van der Waals surface area contributed by atoms with Crippen LogP contribution in [-0.4, -0.2) is 68.5 Å². The highest BCUT2D eigenvalue weighted by atomic mass is 16.7. The standard InChI is InChI=1S/C12H25NO4/c1-3-16-12(17-4-2)5-6-13-7-8-15-10-11(13)9-14/h11-12,14H,3-10H2,1-2H3. The molecule has 0 aromatic rings. The first-order valence-electron chi connectivity index (χ1n) is 6.47. The van der Waals surface area contributed by atoms with Gasteiger partial charge in [0, 0.05) is 32.7 Å². The van der Waals surface area contributed by atoms with Gasteiger partial charge in [-0.05, 0) is 13.8 Å². The van der Waals surface area contributed by atoms with E-state index < -0.39 is 0 Å². The third-order valence-electron chi connectivity index (χ3n) is 2.92. The lowest BCUT2D eigenvalue weighted by Crippen LogP contribution is -2.48. The van der Waals surface area contributed by atoms with Crippen LogP contribution in [0.5, 0.6) is 0 Å². The quantitative estimate of drug-likeness (QED) is 0.632. The molecule has 1 heterocycles. The molecule has 1 aliphatic rings. The van der Waals surface area contributed by atoms with Gasteiger partial charge in [0.05, 0.1) is 25.9 Å². The lowest BCUT2D eigenvalue weighted by molar-refractivity contribution is -0.145. The third kappa shape index (κ3) is 5.31. The Morgan fingerprint density at radius 2 is 2.06 bits per heavy atom. The molecule has 0 aliphatic carbocycles. The number of nitrogens with zero attached hydrogens (tertiary/aromatic N) is 1. The molecule has 1 aliphatic heterocycles. The Balaban J connectivity index is 2.30. The molecule has 0 spiro atoms. The summed E-state index contributed by atoms with van der Waals surface area (Å²) >= 11 is 0. The van der Waals surface area contributed by atoms with E-state index in [4.69, 9.17) is 14.2 Å². The molecule has 0 amide bonds. The summed E-state index contributed by atoms with van der Waals surface area (Å²) in [5.74, 6) is 0. The minimum absolute atomic E-state index is 0.118. The average Bonchev–Trinajstić information content (AvgIpc) is 2.37. The summed E-state index contributed by atoms with van der Waals surface area (Å²) in [4.78, 5) is 2.24. The van der Waals surface area contributed by atoms with Crippen LogP contribution in [-0.2, 0) is 14.2 Å². The van der Waals surface area contributed by atoms with Gasteiger partial charge in [0.15, 0.2) is 6.29 Å². The van der Waals surface area contributed by atoms with Gasteiger partial charge in [-0.25, -0.2) is 0 Å². The van der Waals surface area contributed by atoms with Gasteiger partial charge in [-0.2, -0.15) is 0 Å². The SMILES string of the molecule is CCOC(CCN1CCOCC1CO)OCC. The zero-order valence-electron chi connectivity index (χ0n) is 10.9. The van der Waals surface area contributed by atoms with Crippen molar-refractivity contribution in [3.63, 3.8) is 0 Å². The molecule has 0 aromatic heterocycles. The predicted molar refractivity (Wildman–Crippen MR) is 64.9 cm³/mol. The number of aliphatic hydroxyl groups is 1. The Morgan fingerprint density at radius 3 is 2.65 bits per heavy atom. The summed E-state index contributed by atoms with van der Waals surface area (Å²) in [6.45, 7) is 8.52. The van der Waals surface area contributed by atoms with Crippen LogP contribution in [0.15, 0.2) is 0 Å². The molecule has 17 heavy (non-hydrogen) atoms. The number of rotatable bonds is 8. The van der Waals surface area contributed by atoms with Crippen LogP contribution < -0.4 is 0 Å². The lowest BCUT2D eigenvalue weighted by Gasteiger charge is -2.35. The van der Waals surface area contributed by atoms with E-state index >= 15 is 0 Å². The Morgan fingerprint density at radius 1 is 1.35 bits per heavy atom. The normalized spacial score (nSPS) is 22.2. The summed E-state index contributed by atoms with van der Waals surface area (Å²) in [7, 11) is 0. The van der Waals surface area contributed by atoms with Crippen molar-refractivity contribution >= 4 is 0 Å². The summed E-state index contributed by atoms with van der Waals surface area (Å²) in [5.41, 5.74) is 0. The zero-order chi connectivity index (χ0) is 12.5. The summed E-state index contributed by atoms with van der Waals surface area (Å²) in [5, 5.41) is 9.25. The number of aliphatic hydroxyl groups excluding tert-OH is 1. The van der Waals surface area contributed by atoms with Gasteiger partial charge in [0.1, 0.15) is 0 Å². The minimum Gasteiger partial charge on any atom is -0.395 e. The molecule has 0 aromatic carbocycles. The molecule has 5 nitrogen and oxygen atoms in total.